The van der Waals surface area contributed by atoms with Crippen molar-refractivity contribution in [3.05, 3.63) is 83.8 Å². The Morgan fingerprint density at radius 3 is 2.54 bits per heavy atom. The number of hydrogen-bond donors (Lipinski definition) is 1. The third kappa shape index (κ3) is 2.52. The standard InChI is InChI=1S/C20H17N3O/c1-14-8-10-16(11-9-14)23-19(13-15-5-2-3-7-18(15)24)22-17-6-4-12-21-20(17)23/h2-12,24H,13H2,1H3. The summed E-state index contributed by atoms with van der Waals surface area (Å²) < 4.78 is 2.06. The predicted octanol–water partition coefficient (Wildman–Crippen LogP) is 4.03. The van der Waals surface area contributed by atoms with E-state index in [1.54, 1.807) is 12.3 Å². The van der Waals surface area contributed by atoms with Gasteiger partial charge in [-0.2, -0.15) is 0 Å². The average Bonchev–Trinajstić information content (AvgIpc) is 2.96. The molecular weight excluding hydrogens is 298 g/mol. The van der Waals surface area contributed by atoms with Gasteiger partial charge in [0.15, 0.2) is 5.65 Å². The first-order chi connectivity index (χ1) is 11.7. The zero-order chi connectivity index (χ0) is 16.5. The molecule has 118 valence electrons. The Morgan fingerprint density at radius 2 is 1.75 bits per heavy atom. The lowest BCUT2D eigenvalue weighted by atomic mass is 10.1. The lowest BCUT2D eigenvalue weighted by Gasteiger charge is -2.10. The number of pyridine rings is 1. The van der Waals surface area contributed by atoms with E-state index in [0.29, 0.717) is 6.42 Å². The fourth-order valence-corrected chi connectivity index (χ4v) is 2.87. The molecule has 0 saturated carbocycles. The smallest absolute Gasteiger partial charge is 0.164 e. The molecule has 1 N–H and O–H groups in total. The Bertz CT molecular complexity index is 1000. The zero-order valence-electron chi connectivity index (χ0n) is 13.3. The SMILES string of the molecule is Cc1ccc(-n2c(Cc3ccccc3O)nc3cccnc32)cc1. The van der Waals surface area contributed by atoms with Crippen molar-refractivity contribution in [2.24, 2.45) is 0 Å². The van der Waals surface area contributed by atoms with E-state index >= 15 is 0 Å². The summed E-state index contributed by atoms with van der Waals surface area (Å²) >= 11 is 0. The van der Waals surface area contributed by atoms with Gasteiger partial charge < -0.3 is 5.11 Å². The van der Waals surface area contributed by atoms with E-state index in [1.165, 1.54) is 5.56 Å². The highest BCUT2D eigenvalue weighted by Crippen LogP contribution is 2.25. The molecule has 24 heavy (non-hydrogen) atoms. The molecule has 4 nitrogen and oxygen atoms in total. The quantitative estimate of drug-likeness (QED) is 0.621. The summed E-state index contributed by atoms with van der Waals surface area (Å²) in [5, 5.41) is 10.1. The highest BCUT2D eigenvalue weighted by atomic mass is 16.3. The summed E-state index contributed by atoms with van der Waals surface area (Å²) in [6.07, 6.45) is 2.31. The minimum absolute atomic E-state index is 0.285. The number of para-hydroxylation sites is 1. The Balaban J connectivity index is 1.90. The van der Waals surface area contributed by atoms with Crippen molar-refractivity contribution in [1.29, 1.82) is 0 Å². The number of imidazole rings is 1. The van der Waals surface area contributed by atoms with E-state index in [2.05, 4.69) is 40.7 Å². The summed E-state index contributed by atoms with van der Waals surface area (Å²) in [4.78, 5) is 9.24. The number of fused-ring (bicyclic) bond motifs is 1. The summed E-state index contributed by atoms with van der Waals surface area (Å²) in [6.45, 7) is 2.07. The lowest BCUT2D eigenvalue weighted by molar-refractivity contribution is 0.469. The van der Waals surface area contributed by atoms with E-state index in [1.807, 2.05) is 30.3 Å². The molecule has 0 aliphatic carbocycles. The lowest BCUT2D eigenvalue weighted by Crippen LogP contribution is -2.03. The van der Waals surface area contributed by atoms with Crippen molar-refractivity contribution in [2.45, 2.75) is 13.3 Å². The van der Waals surface area contributed by atoms with E-state index in [4.69, 9.17) is 4.98 Å². The predicted molar refractivity (Wildman–Crippen MR) is 94.5 cm³/mol. The molecule has 0 spiro atoms. The van der Waals surface area contributed by atoms with Crippen LogP contribution >= 0.6 is 0 Å². The number of aromatic hydroxyl groups is 1. The Kier molecular flexibility index (Phi) is 3.50. The number of phenols is 1. The highest BCUT2D eigenvalue weighted by Gasteiger charge is 2.15. The number of nitrogens with zero attached hydrogens (tertiary/aromatic N) is 3. The molecule has 2 aromatic heterocycles. The number of aromatic nitrogens is 3. The first-order valence-corrected chi connectivity index (χ1v) is 7.88. The van der Waals surface area contributed by atoms with Crippen LogP contribution in [-0.4, -0.2) is 19.6 Å². The summed E-state index contributed by atoms with van der Waals surface area (Å²) in [5.74, 6) is 1.14. The number of aryl methyl sites for hydroxylation is 1. The minimum atomic E-state index is 0.285. The van der Waals surface area contributed by atoms with Crippen molar-refractivity contribution in [1.82, 2.24) is 14.5 Å². The van der Waals surface area contributed by atoms with Gasteiger partial charge in [0.25, 0.3) is 0 Å². The number of phenolic OH excluding ortho intramolecular Hbond substituents is 1. The van der Waals surface area contributed by atoms with Gasteiger partial charge in [-0.1, -0.05) is 35.9 Å². The van der Waals surface area contributed by atoms with Crippen molar-refractivity contribution in [3.63, 3.8) is 0 Å². The normalized spacial score (nSPS) is 11.0. The van der Waals surface area contributed by atoms with Crippen molar-refractivity contribution in [2.75, 3.05) is 0 Å². The van der Waals surface area contributed by atoms with Gasteiger partial charge >= 0.3 is 0 Å². The van der Waals surface area contributed by atoms with Crippen LogP contribution < -0.4 is 0 Å². The summed E-state index contributed by atoms with van der Waals surface area (Å²) in [6, 6.07) is 19.5. The second kappa shape index (κ2) is 5.81. The molecule has 0 aliphatic heterocycles. The molecule has 0 radical (unpaired) electrons. The zero-order valence-corrected chi connectivity index (χ0v) is 13.3. The van der Waals surface area contributed by atoms with Gasteiger partial charge in [0.05, 0.1) is 0 Å². The molecular formula is C20H17N3O. The van der Waals surface area contributed by atoms with Gasteiger partial charge in [-0.3, -0.25) is 4.57 Å². The fraction of sp³-hybridized carbons (Fsp3) is 0.100. The van der Waals surface area contributed by atoms with Crippen molar-refractivity contribution < 1.29 is 5.11 Å². The molecule has 2 heterocycles. The third-order valence-corrected chi connectivity index (χ3v) is 4.12. The van der Waals surface area contributed by atoms with Gasteiger partial charge in [0, 0.05) is 23.9 Å². The molecule has 4 rings (SSSR count). The van der Waals surface area contributed by atoms with Crippen LogP contribution in [0.1, 0.15) is 17.0 Å². The van der Waals surface area contributed by atoms with Crippen LogP contribution in [0.15, 0.2) is 66.9 Å². The molecule has 0 fully saturated rings. The number of hydrogen-bond acceptors (Lipinski definition) is 3. The molecule has 0 atom stereocenters. The van der Waals surface area contributed by atoms with Gasteiger partial charge in [0.2, 0.25) is 0 Å². The molecule has 0 bridgehead atoms. The second-order valence-corrected chi connectivity index (χ2v) is 5.85. The van der Waals surface area contributed by atoms with E-state index < -0.39 is 0 Å². The van der Waals surface area contributed by atoms with E-state index in [9.17, 15) is 5.11 Å². The van der Waals surface area contributed by atoms with Crippen LogP contribution in [0.3, 0.4) is 0 Å². The van der Waals surface area contributed by atoms with Crippen LogP contribution in [0, 0.1) is 6.92 Å². The Labute approximate surface area is 140 Å². The minimum Gasteiger partial charge on any atom is -0.508 e. The monoisotopic (exact) mass is 315 g/mol. The second-order valence-electron chi connectivity index (χ2n) is 5.85. The first kappa shape index (κ1) is 14.5. The Morgan fingerprint density at radius 1 is 0.958 bits per heavy atom. The molecule has 0 saturated heterocycles. The largest absolute Gasteiger partial charge is 0.508 e. The van der Waals surface area contributed by atoms with Crippen LogP contribution in [0.5, 0.6) is 5.75 Å². The number of benzene rings is 2. The first-order valence-electron chi connectivity index (χ1n) is 7.88. The fourth-order valence-electron chi connectivity index (χ4n) is 2.87. The van der Waals surface area contributed by atoms with Crippen LogP contribution in [0.2, 0.25) is 0 Å². The molecule has 2 aromatic carbocycles. The van der Waals surface area contributed by atoms with E-state index in [0.717, 1.165) is 28.2 Å². The van der Waals surface area contributed by atoms with E-state index in [-0.39, 0.29) is 5.75 Å². The highest BCUT2D eigenvalue weighted by molar-refractivity contribution is 5.74. The number of rotatable bonds is 3. The Hall–Kier alpha value is -3.14. The van der Waals surface area contributed by atoms with Gasteiger partial charge in [-0.25, -0.2) is 9.97 Å². The molecule has 4 heteroatoms. The average molecular weight is 315 g/mol. The van der Waals surface area contributed by atoms with Crippen molar-refractivity contribution >= 4 is 11.2 Å². The summed E-state index contributed by atoms with van der Waals surface area (Å²) in [5.41, 5.74) is 4.75. The maximum Gasteiger partial charge on any atom is 0.164 e. The topological polar surface area (TPSA) is 50.9 Å². The molecule has 4 aromatic rings. The molecule has 0 unspecified atom stereocenters. The summed E-state index contributed by atoms with van der Waals surface area (Å²) in [7, 11) is 0. The van der Waals surface area contributed by atoms with Crippen LogP contribution in [0.4, 0.5) is 0 Å². The van der Waals surface area contributed by atoms with Crippen LogP contribution in [-0.2, 0) is 6.42 Å². The maximum atomic E-state index is 10.1. The van der Waals surface area contributed by atoms with Crippen LogP contribution in [0.25, 0.3) is 16.9 Å². The van der Waals surface area contributed by atoms with Gasteiger partial charge in [0.1, 0.15) is 17.1 Å². The molecule has 0 aliphatic rings. The maximum absolute atomic E-state index is 10.1. The van der Waals surface area contributed by atoms with Crippen molar-refractivity contribution in [3.8, 4) is 11.4 Å². The van der Waals surface area contributed by atoms with Gasteiger partial charge in [-0.05, 0) is 37.3 Å². The third-order valence-electron chi connectivity index (χ3n) is 4.12. The molecule has 0 amide bonds. The van der Waals surface area contributed by atoms with Gasteiger partial charge in [-0.15, -0.1) is 0 Å².